The van der Waals surface area contributed by atoms with Crippen LogP contribution in [0.25, 0.3) is 0 Å². The van der Waals surface area contributed by atoms with Crippen molar-refractivity contribution in [3.8, 4) is 0 Å². The third kappa shape index (κ3) is 2.93. The lowest BCUT2D eigenvalue weighted by atomic mass is 10.2. The number of likely N-dealkylation sites (tertiary alicyclic amines) is 1. The van der Waals surface area contributed by atoms with E-state index in [1.54, 1.807) is 0 Å². The molecule has 0 aromatic rings. The number of fused-ring (bicyclic) bond motifs is 1. The summed E-state index contributed by atoms with van der Waals surface area (Å²) >= 11 is 0. The first-order valence-electron chi connectivity index (χ1n) is 5.22. The van der Waals surface area contributed by atoms with Crippen LogP contribution in [0.3, 0.4) is 0 Å². The summed E-state index contributed by atoms with van der Waals surface area (Å²) in [4.78, 5) is 2.15. The molecule has 1 unspecified atom stereocenters. The van der Waals surface area contributed by atoms with Crippen LogP contribution in [-0.4, -0.2) is 43.3 Å². The van der Waals surface area contributed by atoms with Crippen molar-refractivity contribution in [3.63, 3.8) is 0 Å². The minimum atomic E-state index is -3.78. The highest BCUT2D eigenvalue weighted by molar-refractivity contribution is 7.85. The average Bonchev–Trinajstić information content (AvgIpc) is 2.77. The van der Waals surface area contributed by atoms with Gasteiger partial charge in [0.2, 0.25) is 0 Å². The Hall–Kier alpha value is -0.130. The zero-order valence-electron chi connectivity index (χ0n) is 8.22. The van der Waals surface area contributed by atoms with E-state index in [1.165, 1.54) is 19.3 Å². The molecule has 0 radical (unpaired) electrons. The van der Waals surface area contributed by atoms with Gasteiger partial charge in [0.15, 0.2) is 0 Å². The molecular formula is C9H17NO3S. The largest absolute Gasteiger partial charge is 0.302 e. The molecule has 0 aromatic heterocycles. The van der Waals surface area contributed by atoms with E-state index in [-0.39, 0.29) is 5.75 Å². The zero-order chi connectivity index (χ0) is 10.2. The fourth-order valence-electron chi connectivity index (χ4n) is 2.29. The first-order chi connectivity index (χ1) is 6.54. The van der Waals surface area contributed by atoms with Gasteiger partial charge in [-0.05, 0) is 44.2 Å². The Balaban J connectivity index is 1.75. The van der Waals surface area contributed by atoms with Crippen molar-refractivity contribution in [1.29, 1.82) is 0 Å². The summed E-state index contributed by atoms with van der Waals surface area (Å²) in [7, 11) is -3.78. The highest BCUT2D eigenvalue weighted by Crippen LogP contribution is 2.45. The van der Waals surface area contributed by atoms with Gasteiger partial charge in [0.1, 0.15) is 0 Å². The zero-order valence-corrected chi connectivity index (χ0v) is 9.04. The average molecular weight is 219 g/mol. The molecular weight excluding hydrogens is 202 g/mol. The molecule has 1 aliphatic carbocycles. The van der Waals surface area contributed by atoms with Crippen molar-refractivity contribution in [2.75, 3.05) is 25.4 Å². The number of hydrogen-bond donors (Lipinski definition) is 1. The maximum absolute atomic E-state index is 10.6. The van der Waals surface area contributed by atoms with Gasteiger partial charge in [-0.2, -0.15) is 8.42 Å². The maximum atomic E-state index is 10.6. The molecule has 4 nitrogen and oxygen atoms in total. The first kappa shape index (κ1) is 10.4. The first-order valence-corrected chi connectivity index (χ1v) is 6.83. The van der Waals surface area contributed by atoms with Crippen molar-refractivity contribution in [1.82, 2.24) is 4.90 Å². The van der Waals surface area contributed by atoms with E-state index < -0.39 is 10.1 Å². The molecule has 82 valence electrons. The van der Waals surface area contributed by atoms with Crippen molar-refractivity contribution in [2.24, 2.45) is 11.8 Å². The maximum Gasteiger partial charge on any atom is 0.266 e. The predicted molar refractivity (Wildman–Crippen MR) is 53.7 cm³/mol. The van der Waals surface area contributed by atoms with Gasteiger partial charge in [-0.25, -0.2) is 0 Å². The van der Waals surface area contributed by atoms with Gasteiger partial charge in [-0.1, -0.05) is 0 Å². The Labute approximate surface area is 85.0 Å². The Kier molecular flexibility index (Phi) is 2.81. The van der Waals surface area contributed by atoms with E-state index in [0.717, 1.165) is 24.9 Å². The molecule has 1 saturated carbocycles. The molecule has 2 aliphatic rings. The third-order valence-electron chi connectivity index (χ3n) is 3.37. The van der Waals surface area contributed by atoms with Crippen LogP contribution < -0.4 is 0 Å². The summed E-state index contributed by atoms with van der Waals surface area (Å²) in [6.07, 6.45) is 3.79. The minimum absolute atomic E-state index is 0.123. The third-order valence-corrected chi connectivity index (χ3v) is 4.07. The fourth-order valence-corrected chi connectivity index (χ4v) is 2.78. The van der Waals surface area contributed by atoms with Gasteiger partial charge < -0.3 is 4.90 Å². The van der Waals surface area contributed by atoms with Crippen LogP contribution >= 0.6 is 0 Å². The van der Waals surface area contributed by atoms with E-state index in [4.69, 9.17) is 4.55 Å². The molecule has 0 bridgehead atoms. The lowest BCUT2D eigenvalue weighted by Crippen LogP contribution is -2.30. The SMILES string of the molecule is O=S(=O)(O)CCN1CCC2C[C@@H]2CC1. The molecule has 0 aromatic carbocycles. The number of nitrogens with zero attached hydrogens (tertiary/aromatic N) is 1. The van der Waals surface area contributed by atoms with Crippen LogP contribution in [0.15, 0.2) is 0 Å². The summed E-state index contributed by atoms with van der Waals surface area (Å²) in [6, 6.07) is 0. The van der Waals surface area contributed by atoms with E-state index in [1.807, 2.05) is 0 Å². The highest BCUT2D eigenvalue weighted by Gasteiger charge is 2.38. The van der Waals surface area contributed by atoms with Crippen LogP contribution in [0.2, 0.25) is 0 Å². The Morgan fingerprint density at radius 2 is 1.79 bits per heavy atom. The molecule has 0 amide bonds. The molecule has 1 N–H and O–H groups in total. The molecule has 2 fully saturated rings. The van der Waals surface area contributed by atoms with Gasteiger partial charge in [0.05, 0.1) is 5.75 Å². The van der Waals surface area contributed by atoms with Crippen LogP contribution in [0, 0.1) is 11.8 Å². The summed E-state index contributed by atoms with van der Waals surface area (Å²) < 4.78 is 29.7. The van der Waals surface area contributed by atoms with E-state index in [9.17, 15) is 8.42 Å². The second kappa shape index (κ2) is 3.79. The van der Waals surface area contributed by atoms with Gasteiger partial charge in [0, 0.05) is 6.54 Å². The lowest BCUT2D eigenvalue weighted by Gasteiger charge is -2.19. The number of hydrogen-bond acceptors (Lipinski definition) is 3. The van der Waals surface area contributed by atoms with E-state index >= 15 is 0 Å². The Morgan fingerprint density at radius 1 is 1.21 bits per heavy atom. The van der Waals surface area contributed by atoms with Crippen LogP contribution in [0.5, 0.6) is 0 Å². The molecule has 5 heteroatoms. The van der Waals surface area contributed by atoms with Crippen molar-refractivity contribution in [2.45, 2.75) is 19.3 Å². The Bertz CT molecular complexity index is 289. The minimum Gasteiger partial charge on any atom is -0.302 e. The predicted octanol–water partition coefficient (Wildman–Crippen LogP) is 0.606. The fraction of sp³-hybridized carbons (Fsp3) is 1.00. The standard InChI is InChI=1S/C9H17NO3S/c11-14(12,13)6-5-10-3-1-8-7-9(8)2-4-10/h8-9H,1-7H2,(H,11,12,13)/t8-,9?/m0/s1. The highest BCUT2D eigenvalue weighted by atomic mass is 32.2. The second-order valence-electron chi connectivity index (χ2n) is 4.46. The monoisotopic (exact) mass is 219 g/mol. The van der Waals surface area contributed by atoms with Crippen molar-refractivity contribution >= 4 is 10.1 Å². The summed E-state index contributed by atoms with van der Waals surface area (Å²) in [5.41, 5.74) is 0. The van der Waals surface area contributed by atoms with Crippen LogP contribution in [0.4, 0.5) is 0 Å². The lowest BCUT2D eigenvalue weighted by molar-refractivity contribution is 0.288. The van der Waals surface area contributed by atoms with Gasteiger partial charge in [-0.3, -0.25) is 4.55 Å². The quantitative estimate of drug-likeness (QED) is 0.706. The molecule has 2 atom stereocenters. The smallest absolute Gasteiger partial charge is 0.266 e. The van der Waals surface area contributed by atoms with Gasteiger partial charge in [0.25, 0.3) is 10.1 Å². The summed E-state index contributed by atoms with van der Waals surface area (Å²) in [6.45, 7) is 2.48. The Morgan fingerprint density at radius 3 is 2.29 bits per heavy atom. The molecule has 14 heavy (non-hydrogen) atoms. The molecule has 2 rings (SSSR count). The van der Waals surface area contributed by atoms with Crippen molar-refractivity contribution in [3.05, 3.63) is 0 Å². The second-order valence-corrected chi connectivity index (χ2v) is 6.03. The summed E-state index contributed by atoms with van der Waals surface area (Å²) in [5, 5.41) is 0. The molecule has 1 saturated heterocycles. The number of rotatable bonds is 3. The molecule has 1 aliphatic heterocycles. The van der Waals surface area contributed by atoms with Crippen molar-refractivity contribution < 1.29 is 13.0 Å². The molecule has 1 heterocycles. The topological polar surface area (TPSA) is 57.6 Å². The van der Waals surface area contributed by atoms with Crippen LogP contribution in [-0.2, 0) is 10.1 Å². The normalized spacial score (nSPS) is 33.5. The van der Waals surface area contributed by atoms with Gasteiger partial charge in [-0.15, -0.1) is 0 Å². The van der Waals surface area contributed by atoms with Crippen LogP contribution in [0.1, 0.15) is 19.3 Å². The van der Waals surface area contributed by atoms with Gasteiger partial charge >= 0.3 is 0 Å². The van der Waals surface area contributed by atoms with E-state index in [2.05, 4.69) is 4.90 Å². The molecule has 0 spiro atoms. The summed E-state index contributed by atoms with van der Waals surface area (Å²) in [5.74, 6) is 1.69. The van der Waals surface area contributed by atoms with E-state index in [0.29, 0.717) is 6.54 Å².